The van der Waals surface area contributed by atoms with Crippen molar-refractivity contribution in [1.82, 2.24) is 14.8 Å². The molecular formula is C24H25N3OS. The molecule has 2 aliphatic carbocycles. The van der Waals surface area contributed by atoms with Crippen molar-refractivity contribution >= 4 is 17.5 Å². The average Bonchev–Trinajstić information content (AvgIpc) is 3.54. The highest BCUT2D eigenvalue weighted by Crippen LogP contribution is 2.40. The van der Waals surface area contributed by atoms with Crippen LogP contribution in [0.5, 0.6) is 0 Å². The molecule has 0 N–H and O–H groups in total. The van der Waals surface area contributed by atoms with Gasteiger partial charge in [-0.05, 0) is 61.3 Å². The van der Waals surface area contributed by atoms with Gasteiger partial charge in [-0.25, -0.2) is 0 Å². The molecule has 0 amide bonds. The van der Waals surface area contributed by atoms with Gasteiger partial charge in [-0.15, -0.1) is 10.2 Å². The van der Waals surface area contributed by atoms with Crippen LogP contribution in [0, 0.1) is 0 Å². The number of benzene rings is 2. The van der Waals surface area contributed by atoms with E-state index < -0.39 is 0 Å². The van der Waals surface area contributed by atoms with Crippen LogP contribution in [0.25, 0.3) is 0 Å². The number of fused-ring (bicyclic) bond motifs is 1. The molecule has 3 aromatic rings. The van der Waals surface area contributed by atoms with E-state index in [2.05, 4.69) is 51.2 Å². The van der Waals surface area contributed by atoms with E-state index in [0.29, 0.717) is 11.7 Å². The minimum absolute atomic E-state index is 0.172. The van der Waals surface area contributed by atoms with Crippen LogP contribution in [0.4, 0.5) is 0 Å². The van der Waals surface area contributed by atoms with E-state index in [-0.39, 0.29) is 5.78 Å². The van der Waals surface area contributed by atoms with E-state index in [9.17, 15) is 4.79 Å². The Kier molecular flexibility index (Phi) is 5.23. The lowest BCUT2D eigenvalue weighted by Gasteiger charge is -2.16. The summed E-state index contributed by atoms with van der Waals surface area (Å²) in [6.07, 6.45) is 7.10. The van der Waals surface area contributed by atoms with Crippen LogP contribution in [0.2, 0.25) is 0 Å². The average molecular weight is 404 g/mol. The van der Waals surface area contributed by atoms with E-state index >= 15 is 0 Å². The topological polar surface area (TPSA) is 47.8 Å². The first-order chi connectivity index (χ1) is 14.3. The lowest BCUT2D eigenvalue weighted by atomic mass is 9.90. The van der Waals surface area contributed by atoms with Crippen LogP contribution < -0.4 is 0 Å². The zero-order valence-electron chi connectivity index (χ0n) is 16.5. The number of rotatable bonds is 7. The molecule has 0 saturated heterocycles. The van der Waals surface area contributed by atoms with Gasteiger partial charge in [0.25, 0.3) is 0 Å². The van der Waals surface area contributed by atoms with Gasteiger partial charge in [0.2, 0.25) is 0 Å². The Morgan fingerprint density at radius 1 is 1.00 bits per heavy atom. The molecule has 1 heterocycles. The zero-order valence-corrected chi connectivity index (χ0v) is 17.3. The maximum Gasteiger partial charge on any atom is 0.191 e. The monoisotopic (exact) mass is 403 g/mol. The third kappa shape index (κ3) is 4.15. The smallest absolute Gasteiger partial charge is 0.191 e. The maximum atomic E-state index is 12.8. The van der Waals surface area contributed by atoms with Crippen LogP contribution in [0.15, 0.2) is 53.7 Å². The summed E-state index contributed by atoms with van der Waals surface area (Å²) in [7, 11) is 0. The van der Waals surface area contributed by atoms with E-state index in [4.69, 9.17) is 0 Å². The molecule has 5 heteroatoms. The van der Waals surface area contributed by atoms with Gasteiger partial charge in [-0.2, -0.15) is 0 Å². The number of aryl methyl sites for hydroxylation is 2. The predicted octanol–water partition coefficient (Wildman–Crippen LogP) is 5.06. The Labute approximate surface area is 175 Å². The number of nitrogens with zero attached hydrogens (tertiary/aromatic N) is 3. The number of carbonyl (C=O) groups excluding carboxylic acids is 1. The normalized spacial score (nSPS) is 15.9. The molecule has 2 aliphatic rings. The standard InChI is InChI=1S/C24H25N3OS/c28-22(21-13-10-18-8-4-5-9-20(18)14-21)16-29-24-26-25-23(19-11-12-19)27(24)15-17-6-2-1-3-7-17/h1-3,6-7,10,13-14,19H,4-5,8-9,11-12,15-16H2. The molecule has 4 nitrogen and oxygen atoms in total. The molecule has 5 rings (SSSR count). The summed E-state index contributed by atoms with van der Waals surface area (Å²) in [5.74, 6) is 2.16. The Bertz CT molecular complexity index is 1020. The highest BCUT2D eigenvalue weighted by atomic mass is 32.2. The van der Waals surface area contributed by atoms with Gasteiger partial charge in [-0.1, -0.05) is 54.2 Å². The Morgan fingerprint density at radius 2 is 1.79 bits per heavy atom. The number of hydrogen-bond acceptors (Lipinski definition) is 4. The minimum atomic E-state index is 0.172. The van der Waals surface area contributed by atoms with Crippen molar-refractivity contribution in [3.05, 3.63) is 76.6 Å². The quantitative estimate of drug-likeness (QED) is 0.409. The molecule has 1 aromatic heterocycles. The third-order valence-electron chi connectivity index (χ3n) is 5.87. The van der Waals surface area contributed by atoms with Crippen LogP contribution >= 0.6 is 11.8 Å². The minimum Gasteiger partial charge on any atom is -0.301 e. The van der Waals surface area contributed by atoms with Crippen molar-refractivity contribution in [2.45, 2.75) is 56.1 Å². The lowest BCUT2D eigenvalue weighted by molar-refractivity contribution is 0.102. The third-order valence-corrected chi connectivity index (χ3v) is 6.84. The fraction of sp³-hybridized carbons (Fsp3) is 0.375. The van der Waals surface area contributed by atoms with Gasteiger partial charge in [0.15, 0.2) is 10.9 Å². The molecular weight excluding hydrogens is 378 g/mol. The molecule has 0 bridgehead atoms. The first-order valence-corrected chi connectivity index (χ1v) is 11.5. The summed E-state index contributed by atoms with van der Waals surface area (Å²) >= 11 is 1.51. The van der Waals surface area contributed by atoms with E-state index in [1.807, 2.05) is 12.1 Å². The predicted molar refractivity (Wildman–Crippen MR) is 116 cm³/mol. The van der Waals surface area contributed by atoms with E-state index in [1.54, 1.807) is 0 Å². The van der Waals surface area contributed by atoms with Crippen LogP contribution in [0.1, 0.15) is 64.5 Å². The summed E-state index contributed by atoms with van der Waals surface area (Å²) in [6, 6.07) is 16.7. The second-order valence-corrected chi connectivity index (χ2v) is 9.03. The molecule has 148 valence electrons. The number of Topliss-reactive ketones (excluding diaryl/α,β-unsaturated/α-hetero) is 1. The number of thioether (sulfide) groups is 1. The summed E-state index contributed by atoms with van der Waals surface area (Å²) in [5, 5.41) is 9.75. The Morgan fingerprint density at radius 3 is 2.59 bits per heavy atom. The SMILES string of the molecule is O=C(CSc1nnc(C2CC2)n1Cc1ccccc1)c1ccc2c(c1)CCCC2. The second kappa shape index (κ2) is 8.15. The van der Waals surface area contributed by atoms with Gasteiger partial charge in [0.1, 0.15) is 5.82 Å². The Balaban J connectivity index is 1.32. The largest absolute Gasteiger partial charge is 0.301 e. The number of aromatic nitrogens is 3. The van der Waals surface area contributed by atoms with Crippen molar-refractivity contribution in [3.8, 4) is 0 Å². The van der Waals surface area contributed by atoms with E-state index in [0.717, 1.165) is 35.9 Å². The molecule has 1 fully saturated rings. The molecule has 0 spiro atoms. The molecule has 1 saturated carbocycles. The van der Waals surface area contributed by atoms with Gasteiger partial charge in [0.05, 0.1) is 12.3 Å². The van der Waals surface area contributed by atoms with Crippen molar-refractivity contribution in [1.29, 1.82) is 0 Å². The molecule has 0 aliphatic heterocycles. The number of hydrogen-bond donors (Lipinski definition) is 0. The van der Waals surface area contributed by atoms with Crippen molar-refractivity contribution in [2.75, 3.05) is 5.75 Å². The van der Waals surface area contributed by atoms with Crippen LogP contribution in [-0.4, -0.2) is 26.3 Å². The summed E-state index contributed by atoms with van der Waals surface area (Å²) < 4.78 is 2.21. The first kappa shape index (κ1) is 18.6. The van der Waals surface area contributed by atoms with E-state index in [1.165, 1.54) is 54.1 Å². The van der Waals surface area contributed by atoms with Gasteiger partial charge < -0.3 is 4.57 Å². The summed E-state index contributed by atoms with van der Waals surface area (Å²) in [6.45, 7) is 0.759. The highest BCUT2D eigenvalue weighted by Gasteiger charge is 2.30. The summed E-state index contributed by atoms with van der Waals surface area (Å²) in [4.78, 5) is 12.8. The second-order valence-electron chi connectivity index (χ2n) is 8.09. The van der Waals surface area contributed by atoms with Crippen molar-refractivity contribution in [2.24, 2.45) is 0 Å². The van der Waals surface area contributed by atoms with Gasteiger partial charge in [0, 0.05) is 11.5 Å². The van der Waals surface area contributed by atoms with Crippen molar-refractivity contribution < 1.29 is 4.79 Å². The van der Waals surface area contributed by atoms with Gasteiger partial charge in [-0.3, -0.25) is 4.79 Å². The molecule has 0 unspecified atom stereocenters. The molecule has 2 aromatic carbocycles. The van der Waals surface area contributed by atoms with Gasteiger partial charge >= 0.3 is 0 Å². The van der Waals surface area contributed by atoms with Crippen LogP contribution in [-0.2, 0) is 19.4 Å². The molecule has 0 atom stereocenters. The highest BCUT2D eigenvalue weighted by molar-refractivity contribution is 7.99. The molecule has 0 radical (unpaired) electrons. The fourth-order valence-corrected chi connectivity index (χ4v) is 4.92. The van der Waals surface area contributed by atoms with Crippen molar-refractivity contribution in [3.63, 3.8) is 0 Å². The first-order valence-electron chi connectivity index (χ1n) is 10.5. The van der Waals surface area contributed by atoms with Crippen LogP contribution in [0.3, 0.4) is 0 Å². The maximum absolute atomic E-state index is 12.8. The number of carbonyl (C=O) groups is 1. The molecule has 29 heavy (non-hydrogen) atoms. The lowest BCUT2D eigenvalue weighted by Crippen LogP contribution is -2.09. The number of ketones is 1. The Hall–Kier alpha value is -2.40. The summed E-state index contributed by atoms with van der Waals surface area (Å²) in [5.41, 5.74) is 4.83. The zero-order chi connectivity index (χ0) is 19.6. The fourth-order valence-electron chi connectivity index (χ4n) is 4.09.